The molecular weight excluding hydrogens is 1260 g/mol. The number of carbonyl (C=O) groups is 1. The van der Waals surface area contributed by atoms with Gasteiger partial charge in [-0.15, -0.1) is 0 Å². The minimum atomic E-state index is -1.82. The van der Waals surface area contributed by atoms with Crippen molar-refractivity contribution in [1.82, 2.24) is 0 Å². The molecule has 0 amide bonds. The van der Waals surface area contributed by atoms with Crippen LogP contribution in [0.15, 0.2) is 0 Å². The molecule has 8 N–H and O–H groups in total. The van der Waals surface area contributed by atoms with Gasteiger partial charge in [-0.25, -0.2) is 0 Å². The standard InChI is InChI=1S/C88H168O13/c1-3-5-7-9-11-13-15-17-19-21-23-24-26-28-30-36-42-48-54-60-66-76(86(97)98-71-79-81(92)83(94)85(96)88(100-79)101-87-84(95)82(93)80(91)78(70-89)99-87)77(90)67-61-55-49-43-37-41-47-53-59-65-75-69-74(75)64-58-52-46-40-35-32-31-34-39-45-51-57-63-73-68-72(73)62-56-50-44-38-33-29-27-25-22-20-18-16-14-12-10-8-6-4-2/h72-85,87-96H,3-71H2,1-2H3/t72?,73?,74?,75?,76-,77-,78-,79-,80-,81-,82+,83+,84-,85-,87-,88-/m1/s1. The molecular formula is C88H168O13. The van der Waals surface area contributed by atoms with Crippen LogP contribution in [0.2, 0.25) is 0 Å². The van der Waals surface area contributed by atoms with Crippen molar-refractivity contribution < 1.29 is 64.6 Å². The monoisotopic (exact) mass is 1430 g/mol. The van der Waals surface area contributed by atoms with Gasteiger partial charge in [0, 0.05) is 0 Å². The van der Waals surface area contributed by atoms with E-state index in [-0.39, 0.29) is 0 Å². The van der Waals surface area contributed by atoms with Gasteiger partial charge in [-0.2, -0.15) is 0 Å². The molecule has 0 bridgehead atoms. The third kappa shape index (κ3) is 45.6. The van der Waals surface area contributed by atoms with E-state index in [1.54, 1.807) is 6.42 Å². The summed E-state index contributed by atoms with van der Waals surface area (Å²) in [5, 5.41) is 84.6. The molecule has 0 aromatic rings. The molecule has 2 saturated carbocycles. The van der Waals surface area contributed by atoms with Crippen molar-refractivity contribution in [3.8, 4) is 0 Å². The Kier molecular flexibility index (Phi) is 57.5. The number of carbonyl (C=O) groups excluding carboxylic acids is 1. The van der Waals surface area contributed by atoms with E-state index in [4.69, 9.17) is 18.9 Å². The largest absolute Gasteiger partial charge is 0.463 e. The van der Waals surface area contributed by atoms with Gasteiger partial charge in [0.1, 0.15) is 55.4 Å². The van der Waals surface area contributed by atoms with Crippen LogP contribution in [0.1, 0.15) is 444 Å². The zero-order valence-electron chi connectivity index (χ0n) is 66.1. The van der Waals surface area contributed by atoms with Crippen molar-refractivity contribution in [2.75, 3.05) is 13.2 Å². The van der Waals surface area contributed by atoms with Gasteiger partial charge in [-0.05, 0) is 49.4 Å². The zero-order chi connectivity index (χ0) is 72.4. The van der Waals surface area contributed by atoms with Gasteiger partial charge < -0.3 is 59.8 Å². The average Bonchev–Trinajstić information content (AvgIpc) is 1.55. The number of esters is 1. The van der Waals surface area contributed by atoms with Gasteiger partial charge in [-0.1, -0.05) is 418 Å². The third-order valence-corrected chi connectivity index (χ3v) is 24.4. The second-order valence-corrected chi connectivity index (χ2v) is 33.5. The van der Waals surface area contributed by atoms with Crippen molar-refractivity contribution in [2.24, 2.45) is 29.6 Å². The van der Waals surface area contributed by atoms with E-state index < -0.39 is 92.6 Å². The maximum Gasteiger partial charge on any atom is 0.311 e. The summed E-state index contributed by atoms with van der Waals surface area (Å²) < 4.78 is 22.5. The molecule has 13 nitrogen and oxygen atoms in total. The number of hydrogen-bond donors (Lipinski definition) is 8. The highest BCUT2D eigenvalue weighted by Gasteiger charge is 2.50. The van der Waals surface area contributed by atoms with E-state index in [0.717, 1.165) is 68.6 Å². The molecule has 0 spiro atoms. The van der Waals surface area contributed by atoms with Crippen LogP contribution in [0.5, 0.6) is 0 Å². The van der Waals surface area contributed by atoms with Crippen LogP contribution < -0.4 is 0 Å². The van der Waals surface area contributed by atoms with Crippen LogP contribution in [0.4, 0.5) is 0 Å². The van der Waals surface area contributed by atoms with Crippen molar-refractivity contribution in [2.45, 2.75) is 512 Å². The number of rotatable bonds is 74. The molecule has 16 atom stereocenters. The summed E-state index contributed by atoms with van der Waals surface area (Å²) in [4.78, 5) is 13.8. The second kappa shape index (κ2) is 62.9. The highest BCUT2D eigenvalue weighted by molar-refractivity contribution is 5.73. The summed E-state index contributed by atoms with van der Waals surface area (Å²) in [5.41, 5.74) is 0. The number of hydrogen-bond acceptors (Lipinski definition) is 13. The lowest BCUT2D eigenvalue weighted by molar-refractivity contribution is -0.376. The quantitative estimate of drug-likeness (QED) is 0.0210. The van der Waals surface area contributed by atoms with Crippen molar-refractivity contribution >= 4 is 5.97 Å². The average molecular weight is 1430 g/mol. The van der Waals surface area contributed by atoms with Gasteiger partial charge in [-0.3, -0.25) is 4.79 Å². The summed E-state index contributed by atoms with van der Waals surface area (Å²) in [6.07, 6.45) is 72.5. The van der Waals surface area contributed by atoms with Crippen LogP contribution in [-0.4, -0.2) is 128 Å². The Labute approximate surface area is 621 Å². The Hall–Kier alpha value is -0.970. The van der Waals surface area contributed by atoms with E-state index in [1.165, 1.54) is 366 Å². The van der Waals surface area contributed by atoms with Crippen molar-refractivity contribution in [3.05, 3.63) is 0 Å². The minimum absolute atomic E-state index is 0.457. The Morgan fingerprint density at radius 3 is 0.832 bits per heavy atom. The Bertz CT molecular complexity index is 1830. The molecule has 0 aromatic carbocycles. The van der Waals surface area contributed by atoms with Crippen LogP contribution in [0, 0.1) is 29.6 Å². The maximum absolute atomic E-state index is 13.8. The highest BCUT2D eigenvalue weighted by atomic mass is 16.8. The van der Waals surface area contributed by atoms with E-state index in [2.05, 4.69) is 13.8 Å². The predicted molar refractivity (Wildman–Crippen MR) is 417 cm³/mol. The van der Waals surface area contributed by atoms with Crippen LogP contribution in [-0.2, 0) is 23.7 Å². The number of aliphatic hydroxyl groups excluding tert-OH is 8. The summed E-state index contributed by atoms with van der Waals surface area (Å²) >= 11 is 0. The normalized spacial score (nSPS) is 25.6. The zero-order valence-corrected chi connectivity index (χ0v) is 66.1. The molecule has 0 radical (unpaired) electrons. The van der Waals surface area contributed by atoms with Crippen LogP contribution in [0.3, 0.4) is 0 Å². The SMILES string of the molecule is CCCCCCCCCCCCCCCCCCCCCC[C@@H](C(=O)OC[C@H]1O[C@H](O[C@H]2O[C@H](CO)[C@@H](O)[C@H](O)[C@H]2O)[C@H](O)[C@@H](O)[C@@H]1O)[C@H](O)CCCCCCCCCCCC1CC1CCCCCCCCCCCCCCC1CC1CCCCCCCCCCCCCCCCCCCC. The lowest BCUT2D eigenvalue weighted by Crippen LogP contribution is -2.63. The van der Waals surface area contributed by atoms with E-state index in [1.807, 2.05) is 0 Å². The minimum Gasteiger partial charge on any atom is -0.463 e. The first-order chi connectivity index (χ1) is 49.5. The molecule has 4 aliphatic rings. The third-order valence-electron chi connectivity index (χ3n) is 24.4. The molecule has 4 unspecified atom stereocenters. The first kappa shape index (κ1) is 92.4. The van der Waals surface area contributed by atoms with Crippen molar-refractivity contribution in [1.29, 1.82) is 0 Å². The molecule has 2 heterocycles. The molecule has 2 saturated heterocycles. The number of unbranched alkanes of at least 4 members (excludes halogenated alkanes) is 55. The van der Waals surface area contributed by atoms with Crippen LogP contribution in [0.25, 0.3) is 0 Å². The molecule has 598 valence electrons. The van der Waals surface area contributed by atoms with Crippen molar-refractivity contribution in [3.63, 3.8) is 0 Å². The van der Waals surface area contributed by atoms with Crippen LogP contribution >= 0.6 is 0 Å². The van der Waals surface area contributed by atoms with Gasteiger partial charge in [0.2, 0.25) is 0 Å². The Morgan fingerprint density at radius 2 is 0.554 bits per heavy atom. The second-order valence-electron chi connectivity index (χ2n) is 33.5. The first-order valence-electron chi connectivity index (χ1n) is 45.0. The molecule has 2 aliphatic carbocycles. The Morgan fingerprint density at radius 1 is 0.317 bits per heavy atom. The maximum atomic E-state index is 13.8. The topological polar surface area (TPSA) is 216 Å². The van der Waals surface area contributed by atoms with Gasteiger partial charge >= 0.3 is 5.97 Å². The molecule has 2 aliphatic heterocycles. The smallest absolute Gasteiger partial charge is 0.311 e. The molecule has 101 heavy (non-hydrogen) atoms. The fraction of sp³-hybridized carbons (Fsp3) is 0.989. The molecule has 4 fully saturated rings. The lowest BCUT2D eigenvalue weighted by atomic mass is 9.91. The Balaban J connectivity index is 0.939. The number of aliphatic hydroxyl groups is 8. The van der Waals surface area contributed by atoms with Gasteiger partial charge in [0.15, 0.2) is 12.6 Å². The fourth-order valence-electron chi connectivity index (χ4n) is 17.0. The van der Waals surface area contributed by atoms with E-state index >= 15 is 0 Å². The number of ether oxygens (including phenoxy) is 4. The first-order valence-corrected chi connectivity index (χ1v) is 45.0. The lowest BCUT2D eigenvalue weighted by Gasteiger charge is -2.44. The highest BCUT2D eigenvalue weighted by Crippen LogP contribution is 2.47. The van der Waals surface area contributed by atoms with E-state index in [9.17, 15) is 45.6 Å². The fourth-order valence-corrected chi connectivity index (χ4v) is 17.0. The predicted octanol–water partition coefficient (Wildman–Crippen LogP) is 21.8. The molecule has 0 aromatic heterocycles. The van der Waals surface area contributed by atoms with Gasteiger partial charge in [0.05, 0.1) is 18.6 Å². The summed E-state index contributed by atoms with van der Waals surface area (Å²) in [6, 6.07) is 0. The molecule has 13 heteroatoms. The molecule has 4 rings (SSSR count). The van der Waals surface area contributed by atoms with E-state index in [0.29, 0.717) is 12.8 Å². The van der Waals surface area contributed by atoms with Gasteiger partial charge in [0.25, 0.3) is 0 Å². The summed E-state index contributed by atoms with van der Waals surface area (Å²) in [7, 11) is 0. The summed E-state index contributed by atoms with van der Waals surface area (Å²) in [5.74, 6) is 2.78. The summed E-state index contributed by atoms with van der Waals surface area (Å²) in [6.45, 7) is 3.37.